The lowest BCUT2D eigenvalue weighted by Crippen LogP contribution is -2.35. The Morgan fingerprint density at radius 3 is 2.75 bits per heavy atom. The van der Waals surface area contributed by atoms with Gasteiger partial charge in [0, 0.05) is 42.3 Å². The van der Waals surface area contributed by atoms with Crippen molar-refractivity contribution in [2.75, 3.05) is 11.4 Å². The fourth-order valence-corrected chi connectivity index (χ4v) is 4.27. The maximum atomic E-state index is 13.2. The number of aromatic nitrogens is 4. The van der Waals surface area contributed by atoms with Gasteiger partial charge >= 0.3 is 0 Å². The molecular formula is C21H22N6O. The summed E-state index contributed by atoms with van der Waals surface area (Å²) in [6.45, 7) is 4.76. The Hall–Kier alpha value is -3.14. The highest BCUT2D eigenvalue weighted by Gasteiger charge is 2.56. The molecular weight excluding hydrogens is 352 g/mol. The summed E-state index contributed by atoms with van der Waals surface area (Å²) in [6, 6.07) is 6.56. The molecule has 1 atom stereocenters. The van der Waals surface area contributed by atoms with E-state index in [-0.39, 0.29) is 11.8 Å². The average molecular weight is 374 g/mol. The van der Waals surface area contributed by atoms with Gasteiger partial charge in [-0.25, -0.2) is 4.52 Å². The summed E-state index contributed by atoms with van der Waals surface area (Å²) in [5.74, 6) is 0.165. The summed E-state index contributed by atoms with van der Waals surface area (Å²) in [5, 5.41) is 18.6. The highest BCUT2D eigenvalue weighted by Crippen LogP contribution is 2.52. The minimum absolute atomic E-state index is 0.0547. The van der Waals surface area contributed by atoms with Crippen LogP contribution in [0, 0.1) is 22.7 Å². The maximum Gasteiger partial charge on any atom is 0.247 e. The first-order chi connectivity index (χ1) is 13.5. The van der Waals surface area contributed by atoms with E-state index in [1.807, 2.05) is 35.4 Å². The highest BCUT2D eigenvalue weighted by molar-refractivity contribution is 6.05. The molecule has 7 heteroatoms. The molecule has 142 valence electrons. The van der Waals surface area contributed by atoms with E-state index in [2.05, 4.69) is 30.1 Å². The Morgan fingerprint density at radius 1 is 1.25 bits per heavy atom. The van der Waals surface area contributed by atoms with Crippen LogP contribution in [0.4, 0.5) is 5.69 Å². The fraction of sp³-hybridized carbons (Fsp3) is 0.429. The zero-order chi connectivity index (χ0) is 19.5. The molecule has 28 heavy (non-hydrogen) atoms. The van der Waals surface area contributed by atoms with E-state index in [1.165, 1.54) is 0 Å². The molecule has 2 aliphatic rings. The van der Waals surface area contributed by atoms with Crippen LogP contribution in [0.1, 0.15) is 39.2 Å². The third kappa shape index (κ3) is 2.37. The van der Waals surface area contributed by atoms with Gasteiger partial charge in [0.2, 0.25) is 5.91 Å². The van der Waals surface area contributed by atoms with Crippen molar-refractivity contribution in [2.24, 2.45) is 11.3 Å². The Bertz CT molecular complexity index is 1120. The summed E-state index contributed by atoms with van der Waals surface area (Å²) in [6.07, 6.45) is 10.1. The second-order valence-corrected chi connectivity index (χ2v) is 8.14. The lowest BCUT2D eigenvalue weighted by molar-refractivity contribution is -0.123. The molecule has 0 spiro atoms. The Balaban J connectivity index is 1.55. The van der Waals surface area contributed by atoms with Crippen LogP contribution in [0.5, 0.6) is 0 Å². The van der Waals surface area contributed by atoms with Crippen LogP contribution in [0.25, 0.3) is 16.6 Å². The van der Waals surface area contributed by atoms with Crippen LogP contribution in [-0.2, 0) is 4.79 Å². The van der Waals surface area contributed by atoms with E-state index in [4.69, 9.17) is 0 Å². The lowest BCUT2D eigenvalue weighted by Gasteiger charge is -2.21. The molecule has 7 nitrogen and oxygen atoms in total. The second-order valence-electron chi connectivity index (χ2n) is 8.14. The number of fused-ring (bicyclic) bond motifs is 1. The van der Waals surface area contributed by atoms with Crippen LogP contribution < -0.4 is 4.90 Å². The number of hydrogen-bond donors (Lipinski definition) is 0. The molecule has 3 aromatic heterocycles. The molecule has 2 fully saturated rings. The monoisotopic (exact) mass is 374 g/mol. The molecule has 1 aliphatic carbocycles. The van der Waals surface area contributed by atoms with E-state index >= 15 is 0 Å². The molecule has 0 unspecified atom stereocenters. The number of nitriles is 1. The van der Waals surface area contributed by atoms with Gasteiger partial charge in [-0.1, -0.05) is 0 Å². The van der Waals surface area contributed by atoms with Crippen molar-refractivity contribution < 1.29 is 4.79 Å². The number of carbonyl (C=O) groups excluding carboxylic acids is 1. The first-order valence-electron chi connectivity index (χ1n) is 9.78. The summed E-state index contributed by atoms with van der Waals surface area (Å²) in [4.78, 5) is 15.0. The number of hydrogen-bond acceptors (Lipinski definition) is 4. The minimum Gasteiger partial charge on any atom is -0.309 e. The Labute approximate surface area is 163 Å². The molecule has 1 amide bonds. The molecule has 0 bridgehead atoms. The van der Waals surface area contributed by atoms with Crippen molar-refractivity contribution >= 4 is 17.1 Å². The van der Waals surface area contributed by atoms with Crippen LogP contribution >= 0.6 is 0 Å². The quantitative estimate of drug-likeness (QED) is 0.701. The molecule has 1 saturated carbocycles. The predicted octanol–water partition coefficient (Wildman–Crippen LogP) is 3.44. The van der Waals surface area contributed by atoms with E-state index in [0.717, 1.165) is 35.2 Å². The first kappa shape index (κ1) is 17.0. The van der Waals surface area contributed by atoms with Crippen molar-refractivity contribution in [1.82, 2.24) is 19.4 Å². The number of anilines is 1. The Kier molecular flexibility index (Phi) is 3.60. The van der Waals surface area contributed by atoms with Gasteiger partial charge in [-0.2, -0.15) is 15.5 Å². The summed E-state index contributed by atoms with van der Waals surface area (Å²) in [7, 11) is 0. The Morgan fingerprint density at radius 2 is 2.07 bits per heavy atom. The lowest BCUT2D eigenvalue weighted by atomic mass is 9.83. The molecule has 1 aliphatic heterocycles. The first-order valence-corrected chi connectivity index (χ1v) is 9.78. The number of nitrogens with zero attached hydrogens (tertiary/aromatic N) is 6. The standard InChI is InChI=1S/C21H22N6O/c1-14(2)26-12-16(10-24-26)15-9-19-18(5-7-23-27(19)11-15)25-8-6-21(13-22,20(25)28)17-3-4-17/h5,7,9-12,14,17H,3-4,6,8H2,1-2H3/t21-/m1/s1. The van der Waals surface area contributed by atoms with Crippen LogP contribution in [0.3, 0.4) is 0 Å². The van der Waals surface area contributed by atoms with E-state index < -0.39 is 5.41 Å². The molecule has 3 aromatic rings. The number of carbonyl (C=O) groups is 1. The largest absolute Gasteiger partial charge is 0.309 e. The average Bonchev–Trinajstić information content (AvgIpc) is 3.15. The van der Waals surface area contributed by atoms with Gasteiger partial charge in [0.15, 0.2) is 0 Å². The summed E-state index contributed by atoms with van der Waals surface area (Å²) < 4.78 is 3.72. The molecule has 4 heterocycles. The zero-order valence-electron chi connectivity index (χ0n) is 16.0. The van der Waals surface area contributed by atoms with Crippen molar-refractivity contribution in [2.45, 2.75) is 39.2 Å². The normalized spacial score (nSPS) is 22.4. The molecule has 0 aromatic carbocycles. The third-order valence-corrected chi connectivity index (χ3v) is 6.07. The van der Waals surface area contributed by atoms with Crippen molar-refractivity contribution in [3.63, 3.8) is 0 Å². The van der Waals surface area contributed by atoms with Gasteiger partial charge in [-0.3, -0.25) is 9.48 Å². The second kappa shape index (κ2) is 5.93. The molecule has 5 rings (SSSR count). The summed E-state index contributed by atoms with van der Waals surface area (Å²) in [5.41, 5.74) is 2.87. The van der Waals surface area contributed by atoms with Crippen LogP contribution in [0.15, 0.2) is 36.9 Å². The molecule has 1 saturated heterocycles. The van der Waals surface area contributed by atoms with Crippen molar-refractivity contribution in [3.05, 3.63) is 36.9 Å². The fourth-order valence-electron chi connectivity index (χ4n) is 4.27. The smallest absolute Gasteiger partial charge is 0.247 e. The third-order valence-electron chi connectivity index (χ3n) is 6.07. The van der Waals surface area contributed by atoms with Gasteiger partial charge in [0.1, 0.15) is 5.41 Å². The SMILES string of the molecule is CC(C)n1cc(-c2cc3c(N4CC[C@@](C#N)(C5CC5)C4=O)ccnn3c2)cn1. The summed E-state index contributed by atoms with van der Waals surface area (Å²) >= 11 is 0. The predicted molar refractivity (Wildman–Crippen MR) is 105 cm³/mol. The molecule has 0 radical (unpaired) electrons. The van der Waals surface area contributed by atoms with Gasteiger partial charge < -0.3 is 4.90 Å². The highest BCUT2D eigenvalue weighted by atomic mass is 16.2. The van der Waals surface area contributed by atoms with Gasteiger partial charge in [-0.15, -0.1) is 0 Å². The maximum absolute atomic E-state index is 13.2. The number of amides is 1. The number of rotatable bonds is 4. The van der Waals surface area contributed by atoms with E-state index in [0.29, 0.717) is 19.0 Å². The van der Waals surface area contributed by atoms with E-state index in [1.54, 1.807) is 15.6 Å². The van der Waals surface area contributed by atoms with E-state index in [9.17, 15) is 10.1 Å². The van der Waals surface area contributed by atoms with Gasteiger partial charge in [-0.05, 0) is 51.2 Å². The van der Waals surface area contributed by atoms with Gasteiger partial charge in [0.05, 0.1) is 23.5 Å². The van der Waals surface area contributed by atoms with Crippen molar-refractivity contribution in [1.29, 1.82) is 5.26 Å². The topological polar surface area (TPSA) is 79.2 Å². The van der Waals surface area contributed by atoms with Crippen LogP contribution in [0.2, 0.25) is 0 Å². The zero-order valence-corrected chi connectivity index (χ0v) is 16.0. The molecule has 0 N–H and O–H groups in total. The van der Waals surface area contributed by atoms with Crippen LogP contribution in [-0.4, -0.2) is 31.8 Å². The van der Waals surface area contributed by atoms with Gasteiger partial charge in [0.25, 0.3) is 0 Å². The van der Waals surface area contributed by atoms with Crippen molar-refractivity contribution in [3.8, 4) is 17.2 Å². The minimum atomic E-state index is -0.839.